The van der Waals surface area contributed by atoms with E-state index in [0.717, 1.165) is 17.0 Å². The molecule has 19 heavy (non-hydrogen) atoms. The number of nitrogens with one attached hydrogen (secondary N) is 1. The first kappa shape index (κ1) is 14.1. The molecule has 1 heterocycles. The van der Waals surface area contributed by atoms with Crippen molar-refractivity contribution >= 4 is 46.1 Å². The normalized spacial score (nSPS) is 10.5. The smallest absolute Gasteiger partial charge is 0.307 e. The summed E-state index contributed by atoms with van der Waals surface area (Å²) in [7, 11) is 0. The summed E-state index contributed by atoms with van der Waals surface area (Å²) in [5.74, 6) is -0.326. The molecule has 1 N–H and O–H groups in total. The van der Waals surface area contributed by atoms with E-state index in [1.54, 1.807) is 30.5 Å². The van der Waals surface area contributed by atoms with Gasteiger partial charge in [0.2, 0.25) is 5.91 Å². The SMILES string of the molecule is Cc1csc(=O)n1CC(=O)Nc1cccc(Cl)c1Cl. The zero-order valence-corrected chi connectivity index (χ0v) is 12.3. The Labute approximate surface area is 123 Å². The summed E-state index contributed by atoms with van der Waals surface area (Å²) in [6.45, 7) is 1.73. The highest BCUT2D eigenvalue weighted by Gasteiger charge is 2.11. The number of nitrogens with zero attached hydrogens (tertiary/aromatic N) is 1. The molecule has 2 aromatic rings. The van der Waals surface area contributed by atoms with Crippen LogP contribution in [-0.2, 0) is 11.3 Å². The van der Waals surface area contributed by atoms with E-state index in [1.807, 2.05) is 0 Å². The molecule has 0 bridgehead atoms. The summed E-state index contributed by atoms with van der Waals surface area (Å²) >= 11 is 12.9. The topological polar surface area (TPSA) is 51.1 Å². The highest BCUT2D eigenvalue weighted by Crippen LogP contribution is 2.29. The van der Waals surface area contributed by atoms with Gasteiger partial charge in [-0.3, -0.25) is 14.2 Å². The van der Waals surface area contributed by atoms with Gasteiger partial charge in [-0.05, 0) is 19.1 Å². The van der Waals surface area contributed by atoms with Crippen LogP contribution in [0.25, 0.3) is 0 Å². The van der Waals surface area contributed by atoms with E-state index in [0.29, 0.717) is 10.7 Å². The molecular formula is C12H10Cl2N2O2S. The predicted octanol–water partition coefficient (Wildman–Crippen LogP) is 3.16. The zero-order valence-electron chi connectivity index (χ0n) is 9.94. The Morgan fingerprint density at radius 1 is 1.42 bits per heavy atom. The Morgan fingerprint density at radius 3 is 2.79 bits per heavy atom. The van der Waals surface area contributed by atoms with Crippen molar-refractivity contribution in [3.8, 4) is 0 Å². The van der Waals surface area contributed by atoms with Gasteiger partial charge >= 0.3 is 4.87 Å². The lowest BCUT2D eigenvalue weighted by Crippen LogP contribution is -2.25. The molecule has 0 saturated heterocycles. The number of anilines is 1. The third kappa shape index (κ3) is 3.18. The van der Waals surface area contributed by atoms with E-state index in [4.69, 9.17) is 23.2 Å². The van der Waals surface area contributed by atoms with Crippen LogP contribution < -0.4 is 10.2 Å². The van der Waals surface area contributed by atoms with Crippen molar-refractivity contribution in [2.75, 3.05) is 5.32 Å². The van der Waals surface area contributed by atoms with Crippen LogP contribution in [0, 0.1) is 6.92 Å². The van der Waals surface area contributed by atoms with Crippen LogP contribution in [0.3, 0.4) is 0 Å². The van der Waals surface area contributed by atoms with Gasteiger partial charge in [0, 0.05) is 11.1 Å². The molecule has 0 aliphatic carbocycles. The van der Waals surface area contributed by atoms with Gasteiger partial charge in [0.25, 0.3) is 0 Å². The molecule has 0 aliphatic rings. The standard InChI is InChI=1S/C12H10Cl2N2O2S/c1-7-6-19-12(18)16(7)5-10(17)15-9-4-2-3-8(13)11(9)14/h2-4,6H,5H2,1H3,(H,15,17). The molecule has 2 rings (SSSR count). The highest BCUT2D eigenvalue weighted by atomic mass is 35.5. The number of hydrogen-bond acceptors (Lipinski definition) is 3. The Balaban J connectivity index is 2.14. The fourth-order valence-corrected chi connectivity index (χ4v) is 2.61. The van der Waals surface area contributed by atoms with Crippen molar-refractivity contribution in [1.82, 2.24) is 4.57 Å². The first-order chi connectivity index (χ1) is 8.99. The Kier molecular flexibility index (Phi) is 4.29. The van der Waals surface area contributed by atoms with E-state index in [9.17, 15) is 9.59 Å². The number of rotatable bonds is 3. The van der Waals surface area contributed by atoms with Crippen LogP contribution in [0.5, 0.6) is 0 Å². The highest BCUT2D eigenvalue weighted by molar-refractivity contribution is 7.07. The largest absolute Gasteiger partial charge is 0.323 e. The molecule has 0 spiro atoms. The van der Waals surface area contributed by atoms with Crippen molar-refractivity contribution in [2.24, 2.45) is 0 Å². The number of aromatic nitrogens is 1. The van der Waals surface area contributed by atoms with Crippen LogP contribution in [-0.4, -0.2) is 10.5 Å². The van der Waals surface area contributed by atoms with E-state index >= 15 is 0 Å². The van der Waals surface area contributed by atoms with Crippen LogP contribution >= 0.6 is 34.5 Å². The number of halogens is 2. The van der Waals surface area contributed by atoms with Crippen LogP contribution in [0.2, 0.25) is 10.0 Å². The number of amides is 1. The third-order valence-corrected chi connectivity index (χ3v) is 4.20. The zero-order chi connectivity index (χ0) is 14.0. The number of carbonyl (C=O) groups excluding carboxylic acids is 1. The number of aryl methyl sites for hydroxylation is 1. The summed E-state index contributed by atoms with van der Waals surface area (Å²) in [6, 6.07) is 4.97. The Morgan fingerprint density at radius 2 is 2.16 bits per heavy atom. The second-order valence-corrected chi connectivity index (χ2v) is 5.48. The molecule has 1 aromatic heterocycles. The second kappa shape index (κ2) is 5.77. The van der Waals surface area contributed by atoms with Crippen molar-refractivity contribution in [1.29, 1.82) is 0 Å². The van der Waals surface area contributed by atoms with E-state index in [1.165, 1.54) is 4.57 Å². The average Bonchev–Trinajstić information content (AvgIpc) is 2.67. The average molecular weight is 317 g/mol. The van der Waals surface area contributed by atoms with Crippen molar-refractivity contribution in [3.05, 3.63) is 49.0 Å². The number of hydrogen-bond donors (Lipinski definition) is 1. The molecule has 0 fully saturated rings. The van der Waals surface area contributed by atoms with Gasteiger partial charge < -0.3 is 5.32 Å². The quantitative estimate of drug-likeness (QED) is 0.945. The van der Waals surface area contributed by atoms with Gasteiger partial charge in [0.15, 0.2) is 0 Å². The second-order valence-electron chi connectivity index (χ2n) is 3.88. The van der Waals surface area contributed by atoms with E-state index in [-0.39, 0.29) is 22.3 Å². The molecule has 1 aromatic carbocycles. The van der Waals surface area contributed by atoms with Gasteiger partial charge in [-0.2, -0.15) is 0 Å². The minimum Gasteiger partial charge on any atom is -0.323 e. The molecule has 1 amide bonds. The third-order valence-electron chi connectivity index (χ3n) is 2.50. The first-order valence-electron chi connectivity index (χ1n) is 5.38. The van der Waals surface area contributed by atoms with Gasteiger partial charge in [0.1, 0.15) is 6.54 Å². The maximum atomic E-state index is 11.9. The lowest BCUT2D eigenvalue weighted by molar-refractivity contribution is -0.116. The van der Waals surface area contributed by atoms with Gasteiger partial charge in [-0.25, -0.2) is 0 Å². The van der Waals surface area contributed by atoms with Crippen LogP contribution in [0.4, 0.5) is 5.69 Å². The monoisotopic (exact) mass is 316 g/mol. The number of thiazole rings is 1. The summed E-state index contributed by atoms with van der Waals surface area (Å²) in [4.78, 5) is 23.2. The fraction of sp³-hybridized carbons (Fsp3) is 0.167. The minimum atomic E-state index is -0.326. The minimum absolute atomic E-state index is 0.0446. The summed E-state index contributed by atoms with van der Waals surface area (Å²) in [5, 5.41) is 4.99. The van der Waals surface area contributed by atoms with Gasteiger partial charge in [-0.15, -0.1) is 0 Å². The molecule has 4 nitrogen and oxygen atoms in total. The van der Waals surface area contributed by atoms with Gasteiger partial charge in [-0.1, -0.05) is 40.6 Å². The summed E-state index contributed by atoms with van der Waals surface area (Å²) < 4.78 is 1.40. The Bertz CT molecular complexity index is 679. The fourth-order valence-electron chi connectivity index (χ4n) is 1.53. The van der Waals surface area contributed by atoms with Gasteiger partial charge in [0.05, 0.1) is 15.7 Å². The molecule has 0 atom stereocenters. The molecule has 0 unspecified atom stereocenters. The number of benzene rings is 1. The Hall–Kier alpha value is -1.30. The predicted molar refractivity (Wildman–Crippen MR) is 78.4 cm³/mol. The number of carbonyl (C=O) groups is 1. The summed E-state index contributed by atoms with van der Waals surface area (Å²) in [5.41, 5.74) is 1.18. The van der Waals surface area contributed by atoms with E-state index in [2.05, 4.69) is 5.32 Å². The summed E-state index contributed by atoms with van der Waals surface area (Å²) in [6.07, 6.45) is 0. The van der Waals surface area contributed by atoms with Crippen LogP contribution in [0.15, 0.2) is 28.4 Å². The molecule has 100 valence electrons. The molecule has 7 heteroatoms. The first-order valence-corrected chi connectivity index (χ1v) is 7.01. The van der Waals surface area contributed by atoms with Crippen molar-refractivity contribution in [2.45, 2.75) is 13.5 Å². The lowest BCUT2D eigenvalue weighted by Gasteiger charge is -2.09. The van der Waals surface area contributed by atoms with Crippen LogP contribution in [0.1, 0.15) is 5.69 Å². The maximum absolute atomic E-state index is 11.9. The lowest BCUT2D eigenvalue weighted by atomic mass is 10.3. The maximum Gasteiger partial charge on any atom is 0.307 e. The van der Waals surface area contributed by atoms with Crippen molar-refractivity contribution in [3.63, 3.8) is 0 Å². The molecular weight excluding hydrogens is 307 g/mol. The molecule has 0 aliphatic heterocycles. The molecule has 0 saturated carbocycles. The molecule has 0 radical (unpaired) electrons. The van der Waals surface area contributed by atoms with E-state index < -0.39 is 0 Å². The van der Waals surface area contributed by atoms with Crippen molar-refractivity contribution < 1.29 is 4.79 Å².